The van der Waals surface area contributed by atoms with Crippen molar-refractivity contribution in [1.29, 1.82) is 0 Å². The molecule has 0 radical (unpaired) electrons. The smallest absolute Gasteiger partial charge is 0.339 e. The first-order valence-electron chi connectivity index (χ1n) is 13.0. The molecule has 5 aromatic rings. The molecule has 0 atom stereocenters. The number of aromatic nitrogens is 1. The number of carbonyl (C=O) groups is 1. The monoisotopic (exact) mass is 499 g/mol. The fourth-order valence-electron chi connectivity index (χ4n) is 4.83. The van der Waals surface area contributed by atoms with E-state index >= 15 is 0 Å². The summed E-state index contributed by atoms with van der Waals surface area (Å²) in [5.74, 6) is -0.343. The molecule has 3 nitrogen and oxygen atoms in total. The maximum Gasteiger partial charge on any atom is 0.339 e. The largest absolute Gasteiger partial charge is 0.457 e. The average Bonchev–Trinajstić information content (AvgIpc) is 2.92. The molecule has 0 unspecified atom stereocenters. The normalized spacial score (nSPS) is 11.5. The van der Waals surface area contributed by atoms with Gasteiger partial charge in [0.05, 0.1) is 16.8 Å². The molecule has 0 amide bonds. The first-order chi connectivity index (χ1) is 18.2. The van der Waals surface area contributed by atoms with Crippen LogP contribution in [0.2, 0.25) is 0 Å². The third-order valence-electron chi connectivity index (χ3n) is 7.13. The number of hydrogen-bond donors (Lipinski definition) is 0. The molecule has 3 heteroatoms. The maximum atomic E-state index is 13.5. The van der Waals surface area contributed by atoms with Gasteiger partial charge in [-0.25, -0.2) is 9.78 Å². The van der Waals surface area contributed by atoms with Crippen LogP contribution < -0.4 is 0 Å². The van der Waals surface area contributed by atoms with Crippen LogP contribution >= 0.6 is 0 Å². The quantitative estimate of drug-likeness (QED) is 0.227. The number of ether oxygens (including phenoxy) is 1. The highest BCUT2D eigenvalue weighted by atomic mass is 16.5. The Kier molecular flexibility index (Phi) is 6.86. The molecule has 4 aromatic carbocycles. The highest BCUT2D eigenvalue weighted by Gasteiger charge is 2.19. The fourth-order valence-corrected chi connectivity index (χ4v) is 4.83. The van der Waals surface area contributed by atoms with Gasteiger partial charge in [-0.15, -0.1) is 0 Å². The maximum absolute atomic E-state index is 13.5. The van der Waals surface area contributed by atoms with Crippen molar-refractivity contribution in [3.8, 4) is 22.4 Å². The third kappa shape index (κ3) is 5.24. The average molecular weight is 500 g/mol. The molecule has 190 valence electrons. The minimum Gasteiger partial charge on any atom is -0.457 e. The third-order valence-corrected chi connectivity index (χ3v) is 7.13. The van der Waals surface area contributed by atoms with Gasteiger partial charge in [0.1, 0.15) is 6.61 Å². The Bertz CT molecular complexity index is 1590. The first kappa shape index (κ1) is 25.4. The van der Waals surface area contributed by atoms with Crippen LogP contribution in [0.3, 0.4) is 0 Å². The summed E-state index contributed by atoms with van der Waals surface area (Å²) in [4.78, 5) is 18.3. The number of rotatable bonds is 5. The summed E-state index contributed by atoms with van der Waals surface area (Å²) in [6.07, 6.45) is 0. The molecule has 0 bridgehead atoms. The SMILES string of the molecule is Cc1cc(C(C)(C)C)cc(C)c1COC(=O)c1cc(-c2ccc(-c3ccccc3)cc2)nc2ccccc12. The minimum atomic E-state index is -0.343. The highest BCUT2D eigenvalue weighted by molar-refractivity contribution is 6.04. The second-order valence-electron chi connectivity index (χ2n) is 10.9. The van der Waals surface area contributed by atoms with E-state index in [1.807, 2.05) is 48.5 Å². The fraction of sp³-hybridized carbons (Fsp3) is 0.200. The van der Waals surface area contributed by atoms with Crippen molar-refractivity contribution in [3.05, 3.63) is 125 Å². The summed E-state index contributed by atoms with van der Waals surface area (Å²) in [6, 6.07) is 32.6. The molecule has 5 rings (SSSR count). The molecule has 0 fully saturated rings. The van der Waals surface area contributed by atoms with Gasteiger partial charge in [-0.05, 0) is 64.8 Å². The number of pyridine rings is 1. The Morgan fingerprint density at radius 1 is 0.737 bits per heavy atom. The molecule has 0 N–H and O–H groups in total. The molecular formula is C35H33NO2. The van der Waals surface area contributed by atoms with Crippen molar-refractivity contribution < 1.29 is 9.53 Å². The zero-order chi connectivity index (χ0) is 26.9. The van der Waals surface area contributed by atoms with Crippen molar-refractivity contribution in [2.24, 2.45) is 0 Å². The van der Waals surface area contributed by atoms with Gasteiger partial charge < -0.3 is 4.74 Å². The molecule has 0 aliphatic carbocycles. The zero-order valence-corrected chi connectivity index (χ0v) is 22.7. The molecule has 0 aliphatic heterocycles. The standard InChI is InChI=1S/C35H33NO2/c1-23-19-28(35(3,4)5)20-24(2)31(23)22-38-34(37)30-21-33(36-32-14-10-9-13-29(30)32)27-17-15-26(16-18-27)25-11-7-6-8-12-25/h6-21H,22H2,1-5H3. The van der Waals surface area contributed by atoms with Gasteiger partial charge in [0.25, 0.3) is 0 Å². The lowest BCUT2D eigenvalue weighted by Gasteiger charge is -2.22. The molecule has 38 heavy (non-hydrogen) atoms. The summed E-state index contributed by atoms with van der Waals surface area (Å²) in [6.45, 7) is 11.0. The Morgan fingerprint density at radius 2 is 1.32 bits per heavy atom. The van der Waals surface area contributed by atoms with Crippen molar-refractivity contribution in [2.75, 3.05) is 0 Å². The van der Waals surface area contributed by atoms with Crippen molar-refractivity contribution >= 4 is 16.9 Å². The van der Waals surface area contributed by atoms with Gasteiger partial charge in [-0.3, -0.25) is 0 Å². The van der Waals surface area contributed by atoms with Gasteiger partial charge in [-0.2, -0.15) is 0 Å². The minimum absolute atomic E-state index is 0.0659. The van der Waals surface area contributed by atoms with Crippen LogP contribution in [-0.2, 0) is 16.8 Å². The lowest BCUT2D eigenvalue weighted by Crippen LogP contribution is -2.13. The lowest BCUT2D eigenvalue weighted by atomic mass is 9.84. The van der Waals surface area contributed by atoms with Crippen LogP contribution in [-0.4, -0.2) is 11.0 Å². The van der Waals surface area contributed by atoms with Gasteiger partial charge in [0.15, 0.2) is 0 Å². The number of nitrogens with zero attached hydrogens (tertiary/aromatic N) is 1. The highest BCUT2D eigenvalue weighted by Crippen LogP contribution is 2.30. The Hall–Kier alpha value is -4.24. The van der Waals surface area contributed by atoms with E-state index in [2.05, 4.69) is 83.1 Å². The summed E-state index contributed by atoms with van der Waals surface area (Å²) in [5, 5.41) is 0.790. The van der Waals surface area contributed by atoms with E-state index in [4.69, 9.17) is 9.72 Å². The molecule has 1 aromatic heterocycles. The Balaban J connectivity index is 1.45. The van der Waals surface area contributed by atoms with E-state index in [-0.39, 0.29) is 18.0 Å². The number of esters is 1. The van der Waals surface area contributed by atoms with E-state index in [0.29, 0.717) is 5.56 Å². The zero-order valence-electron chi connectivity index (χ0n) is 22.7. The summed E-state index contributed by atoms with van der Waals surface area (Å²) in [7, 11) is 0. The van der Waals surface area contributed by atoms with Crippen LogP contribution in [0.25, 0.3) is 33.3 Å². The number of carbonyl (C=O) groups excluding carboxylic acids is 1. The van der Waals surface area contributed by atoms with Gasteiger partial charge in [0.2, 0.25) is 0 Å². The van der Waals surface area contributed by atoms with Crippen molar-refractivity contribution in [3.63, 3.8) is 0 Å². The number of fused-ring (bicyclic) bond motifs is 1. The van der Waals surface area contributed by atoms with E-state index in [1.54, 1.807) is 0 Å². The van der Waals surface area contributed by atoms with Crippen molar-refractivity contribution in [2.45, 2.75) is 46.6 Å². The molecule has 1 heterocycles. The second-order valence-corrected chi connectivity index (χ2v) is 10.9. The van der Waals surface area contributed by atoms with Gasteiger partial charge in [0, 0.05) is 10.9 Å². The molecule has 0 spiro atoms. The number of hydrogen-bond acceptors (Lipinski definition) is 3. The Labute approximate surface area is 225 Å². The predicted octanol–water partition coefficient (Wildman–Crippen LogP) is 8.84. The number of aryl methyl sites for hydroxylation is 2. The van der Waals surface area contributed by atoms with Crippen LogP contribution in [0.5, 0.6) is 0 Å². The number of benzene rings is 4. The van der Waals surface area contributed by atoms with Crippen LogP contribution in [0.4, 0.5) is 0 Å². The van der Waals surface area contributed by atoms with Crippen LogP contribution in [0.1, 0.15) is 53.4 Å². The second kappa shape index (κ2) is 10.3. The van der Waals surface area contributed by atoms with E-state index in [9.17, 15) is 4.79 Å². The first-order valence-corrected chi connectivity index (χ1v) is 13.0. The number of para-hydroxylation sites is 1. The van der Waals surface area contributed by atoms with Gasteiger partial charge in [-0.1, -0.05) is 106 Å². The van der Waals surface area contributed by atoms with Crippen LogP contribution in [0.15, 0.2) is 97.1 Å². The lowest BCUT2D eigenvalue weighted by molar-refractivity contribution is 0.0474. The molecule has 0 saturated carbocycles. The van der Waals surface area contributed by atoms with E-state index < -0.39 is 0 Å². The van der Waals surface area contributed by atoms with Crippen molar-refractivity contribution in [1.82, 2.24) is 4.98 Å². The topological polar surface area (TPSA) is 39.2 Å². The summed E-state index contributed by atoms with van der Waals surface area (Å²) < 4.78 is 5.91. The van der Waals surface area contributed by atoms with Crippen LogP contribution in [0, 0.1) is 13.8 Å². The summed E-state index contributed by atoms with van der Waals surface area (Å²) in [5.41, 5.74) is 9.98. The van der Waals surface area contributed by atoms with E-state index in [1.165, 1.54) is 5.56 Å². The summed E-state index contributed by atoms with van der Waals surface area (Å²) >= 11 is 0. The van der Waals surface area contributed by atoms with Gasteiger partial charge >= 0.3 is 5.97 Å². The van der Waals surface area contributed by atoms with E-state index in [0.717, 1.165) is 50.0 Å². The molecule has 0 aliphatic rings. The Morgan fingerprint density at radius 3 is 1.97 bits per heavy atom. The molecule has 0 saturated heterocycles. The predicted molar refractivity (Wildman–Crippen MR) is 156 cm³/mol. The molecular weight excluding hydrogens is 466 g/mol.